The van der Waals surface area contributed by atoms with Crippen LogP contribution in [-0.2, 0) is 14.3 Å². The maximum absolute atomic E-state index is 12.6. The zero-order valence-corrected chi connectivity index (χ0v) is 14.8. The molecule has 1 amide bonds. The molecule has 1 fully saturated rings. The van der Waals surface area contributed by atoms with Crippen molar-refractivity contribution >= 4 is 23.6 Å². The van der Waals surface area contributed by atoms with Crippen molar-refractivity contribution in [3.8, 4) is 5.75 Å². The fourth-order valence-corrected chi connectivity index (χ4v) is 3.00. The van der Waals surface area contributed by atoms with Crippen LogP contribution in [0.3, 0.4) is 0 Å². The van der Waals surface area contributed by atoms with Crippen LogP contribution in [0.4, 0.5) is 5.69 Å². The summed E-state index contributed by atoms with van der Waals surface area (Å²) in [5, 5.41) is 0. The fourth-order valence-electron chi connectivity index (χ4n) is 3.00. The molecule has 2 aromatic carbocycles. The summed E-state index contributed by atoms with van der Waals surface area (Å²) in [5.74, 6) is -0.835. The van der Waals surface area contributed by atoms with Crippen molar-refractivity contribution in [2.75, 3.05) is 18.6 Å². The number of hydrogen-bond acceptors (Lipinski definition) is 4. The maximum Gasteiger partial charge on any atom is 0.321 e. The molecule has 134 valence electrons. The third kappa shape index (κ3) is 3.47. The van der Waals surface area contributed by atoms with E-state index >= 15 is 0 Å². The van der Waals surface area contributed by atoms with Crippen molar-refractivity contribution in [3.05, 3.63) is 66.2 Å². The Hall–Kier alpha value is -3.08. The van der Waals surface area contributed by atoms with E-state index in [-0.39, 0.29) is 18.6 Å². The lowest BCUT2D eigenvalue weighted by molar-refractivity contribution is -0.155. The van der Waals surface area contributed by atoms with Gasteiger partial charge in [-0.3, -0.25) is 9.59 Å². The number of benzene rings is 2. The molecular weight excluding hydrogens is 330 g/mol. The van der Waals surface area contributed by atoms with Crippen molar-refractivity contribution in [1.29, 1.82) is 0 Å². The Bertz CT molecular complexity index is 799. The number of carbonyl (C=O) groups is 2. The normalized spacial score (nSPS) is 19.3. The number of β-lactam (4-membered cyclic amide) rings is 1. The number of nitrogens with zero attached hydrogens (tertiary/aromatic N) is 1. The first kappa shape index (κ1) is 17.7. The Labute approximate surface area is 152 Å². The minimum absolute atomic E-state index is 0.250. The Kier molecular flexibility index (Phi) is 5.37. The Morgan fingerprint density at radius 2 is 1.81 bits per heavy atom. The van der Waals surface area contributed by atoms with Gasteiger partial charge >= 0.3 is 5.97 Å². The molecule has 26 heavy (non-hydrogen) atoms. The molecule has 0 N–H and O–H groups in total. The quantitative estimate of drug-likeness (QED) is 0.455. The molecule has 0 bridgehead atoms. The zero-order valence-electron chi connectivity index (χ0n) is 14.8. The Balaban J connectivity index is 1.87. The highest BCUT2D eigenvalue weighted by molar-refractivity contribution is 6.14. The minimum Gasteiger partial charge on any atom is -0.497 e. The van der Waals surface area contributed by atoms with Gasteiger partial charge in [0.2, 0.25) is 5.91 Å². The highest BCUT2D eigenvalue weighted by Crippen LogP contribution is 2.35. The summed E-state index contributed by atoms with van der Waals surface area (Å²) in [6, 6.07) is 16.6. The molecule has 1 heterocycles. The van der Waals surface area contributed by atoms with Crippen LogP contribution in [0.5, 0.6) is 5.75 Å². The summed E-state index contributed by atoms with van der Waals surface area (Å²) in [7, 11) is 1.59. The molecule has 2 atom stereocenters. The largest absolute Gasteiger partial charge is 0.497 e. The van der Waals surface area contributed by atoms with Gasteiger partial charge in [-0.15, -0.1) is 0 Å². The molecule has 5 heteroatoms. The summed E-state index contributed by atoms with van der Waals surface area (Å²) >= 11 is 0. The average Bonchev–Trinajstić information content (AvgIpc) is 2.66. The monoisotopic (exact) mass is 351 g/mol. The van der Waals surface area contributed by atoms with E-state index in [1.54, 1.807) is 31.1 Å². The molecule has 0 saturated carbocycles. The first-order chi connectivity index (χ1) is 12.7. The summed E-state index contributed by atoms with van der Waals surface area (Å²) in [4.78, 5) is 26.4. The smallest absolute Gasteiger partial charge is 0.321 e. The molecule has 0 aliphatic carbocycles. The van der Waals surface area contributed by atoms with Crippen LogP contribution in [0, 0.1) is 5.92 Å². The molecule has 0 radical (unpaired) electrons. The van der Waals surface area contributed by atoms with E-state index in [0.717, 1.165) is 11.3 Å². The van der Waals surface area contributed by atoms with Crippen LogP contribution < -0.4 is 9.64 Å². The number of rotatable bonds is 6. The van der Waals surface area contributed by atoms with Crippen LogP contribution in [0.1, 0.15) is 12.5 Å². The highest BCUT2D eigenvalue weighted by atomic mass is 16.5. The van der Waals surface area contributed by atoms with Gasteiger partial charge < -0.3 is 14.4 Å². The lowest BCUT2D eigenvalue weighted by Crippen LogP contribution is -2.63. The van der Waals surface area contributed by atoms with Gasteiger partial charge in [0.25, 0.3) is 0 Å². The standard InChI is InChI=1S/C21H21NO4/c1-3-26-21(24)19-18(14-9-15-7-5-4-6-8-15)22(20(19)23)16-10-12-17(25-2)13-11-16/h4-14,18-19H,3H2,1-2H3/b14-9+/t18-,19-/m1/s1. The number of esters is 1. The van der Waals surface area contributed by atoms with Crippen LogP contribution in [0.2, 0.25) is 0 Å². The van der Waals surface area contributed by atoms with Crippen molar-refractivity contribution in [2.24, 2.45) is 5.92 Å². The van der Waals surface area contributed by atoms with E-state index in [2.05, 4.69) is 0 Å². The molecule has 0 spiro atoms. The molecule has 1 aliphatic heterocycles. The topological polar surface area (TPSA) is 55.8 Å². The van der Waals surface area contributed by atoms with E-state index in [1.165, 1.54) is 0 Å². The number of ether oxygens (including phenoxy) is 2. The van der Waals surface area contributed by atoms with Crippen molar-refractivity contribution in [2.45, 2.75) is 13.0 Å². The second-order valence-corrected chi connectivity index (χ2v) is 5.90. The highest BCUT2D eigenvalue weighted by Gasteiger charge is 2.51. The van der Waals surface area contributed by atoms with Gasteiger partial charge in [0.1, 0.15) is 5.75 Å². The molecule has 1 aliphatic rings. The van der Waals surface area contributed by atoms with E-state index in [4.69, 9.17) is 9.47 Å². The van der Waals surface area contributed by atoms with Gasteiger partial charge in [-0.2, -0.15) is 0 Å². The second kappa shape index (κ2) is 7.87. The summed E-state index contributed by atoms with van der Waals surface area (Å²) in [6.45, 7) is 1.98. The number of methoxy groups -OCH3 is 1. The SMILES string of the molecule is CCOC(=O)[C@H]1C(=O)N(c2ccc(OC)cc2)[C@@H]1/C=C/c1ccccc1. The van der Waals surface area contributed by atoms with Gasteiger partial charge in [0.15, 0.2) is 5.92 Å². The first-order valence-corrected chi connectivity index (χ1v) is 8.52. The van der Waals surface area contributed by atoms with Crippen LogP contribution >= 0.6 is 0 Å². The maximum atomic E-state index is 12.6. The van der Waals surface area contributed by atoms with Crippen LogP contribution in [0.25, 0.3) is 6.08 Å². The van der Waals surface area contributed by atoms with Gasteiger partial charge in [-0.05, 0) is 36.8 Å². The Morgan fingerprint density at radius 3 is 2.42 bits per heavy atom. The van der Waals surface area contributed by atoms with Gasteiger partial charge in [0, 0.05) is 5.69 Å². The molecule has 5 nitrogen and oxygen atoms in total. The van der Waals surface area contributed by atoms with E-state index in [9.17, 15) is 9.59 Å². The summed E-state index contributed by atoms with van der Waals surface area (Å²) in [6.07, 6.45) is 3.79. The van der Waals surface area contributed by atoms with Crippen LogP contribution in [-0.4, -0.2) is 31.6 Å². The van der Waals surface area contributed by atoms with Crippen molar-refractivity contribution < 1.29 is 19.1 Å². The number of carbonyl (C=O) groups excluding carboxylic acids is 2. The number of anilines is 1. The summed E-state index contributed by atoms with van der Waals surface area (Å²) in [5.41, 5.74) is 1.73. The molecular formula is C21H21NO4. The van der Waals surface area contributed by atoms with E-state index < -0.39 is 11.9 Å². The first-order valence-electron chi connectivity index (χ1n) is 8.52. The molecule has 0 unspecified atom stereocenters. The number of amides is 1. The van der Waals surface area contributed by atoms with E-state index in [0.29, 0.717) is 5.75 Å². The summed E-state index contributed by atoms with van der Waals surface area (Å²) < 4.78 is 10.2. The van der Waals surface area contributed by atoms with Crippen LogP contribution in [0.15, 0.2) is 60.7 Å². The van der Waals surface area contributed by atoms with Gasteiger partial charge in [-0.25, -0.2) is 0 Å². The van der Waals surface area contributed by atoms with E-state index in [1.807, 2.05) is 54.6 Å². The predicted molar refractivity (Wildman–Crippen MR) is 99.9 cm³/mol. The molecule has 3 rings (SSSR count). The minimum atomic E-state index is -0.808. The fraction of sp³-hybridized carbons (Fsp3) is 0.238. The predicted octanol–water partition coefficient (Wildman–Crippen LogP) is 3.30. The van der Waals surface area contributed by atoms with Gasteiger partial charge in [-0.1, -0.05) is 42.5 Å². The average molecular weight is 351 g/mol. The van der Waals surface area contributed by atoms with Gasteiger partial charge in [0.05, 0.1) is 19.8 Å². The second-order valence-electron chi connectivity index (χ2n) is 5.90. The third-order valence-electron chi connectivity index (χ3n) is 4.32. The van der Waals surface area contributed by atoms with Crippen molar-refractivity contribution in [3.63, 3.8) is 0 Å². The van der Waals surface area contributed by atoms with Crippen molar-refractivity contribution in [1.82, 2.24) is 0 Å². The Morgan fingerprint density at radius 1 is 1.12 bits per heavy atom. The molecule has 0 aromatic heterocycles. The third-order valence-corrected chi connectivity index (χ3v) is 4.32. The number of hydrogen-bond donors (Lipinski definition) is 0. The zero-order chi connectivity index (χ0) is 18.5. The molecule has 2 aromatic rings. The lowest BCUT2D eigenvalue weighted by Gasteiger charge is -2.44. The molecule has 1 saturated heterocycles. The lowest BCUT2D eigenvalue weighted by atomic mass is 9.85.